The molecule has 0 spiro atoms. The molecule has 0 saturated heterocycles. The summed E-state index contributed by atoms with van der Waals surface area (Å²) >= 11 is -1.31. The first kappa shape index (κ1) is 14.0. The van der Waals surface area contributed by atoms with E-state index in [0.29, 0.717) is 4.90 Å². The summed E-state index contributed by atoms with van der Waals surface area (Å²) in [6.07, 6.45) is 0. The molecular weight excluding hydrogens is 238 g/mol. The van der Waals surface area contributed by atoms with Crippen LogP contribution in [-0.2, 0) is 20.7 Å². The van der Waals surface area contributed by atoms with Crippen LogP contribution in [0.3, 0.4) is 0 Å². The van der Waals surface area contributed by atoms with Crippen molar-refractivity contribution in [3.05, 3.63) is 29.8 Å². The van der Waals surface area contributed by atoms with Crippen molar-refractivity contribution in [2.24, 2.45) is 5.73 Å². The third kappa shape index (κ3) is 3.73. The van der Waals surface area contributed by atoms with E-state index >= 15 is 0 Å². The first-order chi connectivity index (χ1) is 7.86. The number of carbonyl (C=O) groups is 1. The van der Waals surface area contributed by atoms with Gasteiger partial charge in [0.05, 0.1) is 7.11 Å². The lowest BCUT2D eigenvalue weighted by atomic mass is 10.1. The largest absolute Gasteiger partial charge is 0.611 e. The van der Waals surface area contributed by atoms with E-state index in [1.807, 2.05) is 25.1 Å². The van der Waals surface area contributed by atoms with Gasteiger partial charge >= 0.3 is 5.97 Å². The fraction of sp³-hybridized carbons (Fsp3) is 0.417. The SMILES string of the molecule is COC(=O)[C@@](C)(N)C[S+]([O-])c1cccc(C)c1. The van der Waals surface area contributed by atoms with Crippen molar-refractivity contribution in [2.75, 3.05) is 12.9 Å². The van der Waals surface area contributed by atoms with Crippen LogP contribution >= 0.6 is 0 Å². The average molecular weight is 255 g/mol. The van der Waals surface area contributed by atoms with Crippen LogP contribution in [0.25, 0.3) is 0 Å². The monoisotopic (exact) mass is 255 g/mol. The van der Waals surface area contributed by atoms with Crippen molar-refractivity contribution in [1.82, 2.24) is 0 Å². The lowest BCUT2D eigenvalue weighted by molar-refractivity contribution is -0.145. The molecule has 5 heteroatoms. The van der Waals surface area contributed by atoms with Crippen molar-refractivity contribution in [2.45, 2.75) is 24.3 Å². The zero-order chi connectivity index (χ0) is 13.1. The van der Waals surface area contributed by atoms with Crippen LogP contribution in [0.4, 0.5) is 0 Å². The van der Waals surface area contributed by atoms with E-state index in [1.165, 1.54) is 14.0 Å². The lowest BCUT2D eigenvalue weighted by Gasteiger charge is -2.22. The predicted molar refractivity (Wildman–Crippen MR) is 67.1 cm³/mol. The maximum absolute atomic E-state index is 12.1. The summed E-state index contributed by atoms with van der Waals surface area (Å²) in [6.45, 7) is 3.44. The number of methoxy groups -OCH3 is 1. The molecule has 4 nitrogen and oxygen atoms in total. The van der Waals surface area contributed by atoms with Gasteiger partial charge in [-0.3, -0.25) is 0 Å². The van der Waals surface area contributed by atoms with Gasteiger partial charge in [0.1, 0.15) is 5.75 Å². The van der Waals surface area contributed by atoms with Crippen LogP contribution in [0, 0.1) is 6.92 Å². The van der Waals surface area contributed by atoms with Crippen molar-refractivity contribution in [3.63, 3.8) is 0 Å². The maximum Gasteiger partial charge on any atom is 0.330 e. The van der Waals surface area contributed by atoms with Gasteiger partial charge in [0, 0.05) is 0 Å². The van der Waals surface area contributed by atoms with Crippen molar-refractivity contribution >= 4 is 17.1 Å². The highest BCUT2D eigenvalue weighted by molar-refractivity contribution is 7.91. The Morgan fingerprint density at radius 2 is 2.24 bits per heavy atom. The zero-order valence-corrected chi connectivity index (χ0v) is 11.0. The van der Waals surface area contributed by atoms with Gasteiger partial charge in [0.25, 0.3) is 0 Å². The topological polar surface area (TPSA) is 75.4 Å². The minimum atomic E-state index is -1.31. The molecule has 0 bridgehead atoms. The number of carbonyl (C=O) groups excluding carboxylic acids is 1. The Balaban J connectivity index is 2.79. The first-order valence-electron chi connectivity index (χ1n) is 5.19. The molecule has 1 rings (SSSR count). The molecule has 94 valence electrons. The second-order valence-electron chi connectivity index (χ2n) is 4.22. The molecule has 0 fully saturated rings. The summed E-state index contributed by atoms with van der Waals surface area (Å²) < 4.78 is 16.6. The van der Waals surface area contributed by atoms with Crippen LogP contribution < -0.4 is 5.73 Å². The molecule has 0 aliphatic rings. The van der Waals surface area contributed by atoms with Crippen LogP contribution in [0.1, 0.15) is 12.5 Å². The molecule has 0 aliphatic heterocycles. The van der Waals surface area contributed by atoms with Gasteiger partial charge in [-0.15, -0.1) is 0 Å². The number of esters is 1. The second-order valence-corrected chi connectivity index (χ2v) is 5.67. The summed E-state index contributed by atoms with van der Waals surface area (Å²) in [4.78, 5) is 12.1. The molecule has 1 aromatic carbocycles. The minimum Gasteiger partial charge on any atom is -0.611 e. The summed E-state index contributed by atoms with van der Waals surface area (Å²) in [7, 11) is 1.27. The molecule has 2 N–H and O–H groups in total. The molecule has 0 heterocycles. The average Bonchev–Trinajstić information content (AvgIpc) is 2.27. The number of ether oxygens (including phenoxy) is 1. The third-order valence-corrected chi connectivity index (χ3v) is 3.98. The number of nitrogens with two attached hydrogens (primary N) is 1. The van der Waals surface area contributed by atoms with Gasteiger partial charge in [-0.2, -0.15) is 0 Å². The van der Waals surface area contributed by atoms with Crippen molar-refractivity contribution in [3.8, 4) is 0 Å². The lowest BCUT2D eigenvalue weighted by Crippen LogP contribution is -2.51. The molecule has 0 saturated carbocycles. The van der Waals surface area contributed by atoms with E-state index in [-0.39, 0.29) is 5.75 Å². The highest BCUT2D eigenvalue weighted by Gasteiger charge is 2.35. The molecule has 1 unspecified atom stereocenters. The van der Waals surface area contributed by atoms with E-state index in [1.54, 1.807) is 6.07 Å². The Labute approximate surface area is 104 Å². The molecule has 0 aromatic heterocycles. The normalized spacial score (nSPS) is 16.1. The zero-order valence-electron chi connectivity index (χ0n) is 10.2. The molecular formula is C12H17NO3S. The number of hydrogen-bond acceptors (Lipinski definition) is 4. The van der Waals surface area contributed by atoms with Crippen molar-refractivity contribution in [1.29, 1.82) is 0 Å². The van der Waals surface area contributed by atoms with Crippen molar-refractivity contribution < 1.29 is 14.1 Å². The Bertz CT molecular complexity index is 406. The number of rotatable bonds is 4. The Kier molecular flexibility index (Phi) is 4.56. The maximum atomic E-state index is 12.1. The molecule has 2 atom stereocenters. The molecule has 17 heavy (non-hydrogen) atoms. The number of hydrogen-bond donors (Lipinski definition) is 1. The highest BCUT2D eigenvalue weighted by atomic mass is 32.2. The van der Waals surface area contributed by atoms with Gasteiger partial charge in [-0.25, -0.2) is 4.79 Å². The molecule has 0 aliphatic carbocycles. The summed E-state index contributed by atoms with van der Waals surface area (Å²) in [5.74, 6) is -0.512. The third-order valence-electron chi connectivity index (χ3n) is 2.34. The van der Waals surface area contributed by atoms with Gasteiger partial charge in [-0.05, 0) is 42.7 Å². The molecule has 0 amide bonds. The predicted octanol–water partition coefficient (Wildman–Crippen LogP) is 0.993. The number of aryl methyl sites for hydroxylation is 1. The smallest absolute Gasteiger partial charge is 0.330 e. The van der Waals surface area contributed by atoms with Gasteiger partial charge in [0.2, 0.25) is 0 Å². The standard InChI is InChI=1S/C12H17NO3S/c1-9-5-4-6-10(7-9)17(15)8-12(2,13)11(14)16-3/h4-7H,8,13H2,1-3H3/t12-,17?/m0/s1. The van der Waals surface area contributed by atoms with Crippen LogP contribution in [0.5, 0.6) is 0 Å². The fourth-order valence-corrected chi connectivity index (χ4v) is 2.78. The Morgan fingerprint density at radius 1 is 1.59 bits per heavy atom. The second kappa shape index (κ2) is 5.53. The van der Waals surface area contributed by atoms with E-state index < -0.39 is 22.7 Å². The highest BCUT2D eigenvalue weighted by Crippen LogP contribution is 2.17. The van der Waals surface area contributed by atoms with E-state index in [2.05, 4.69) is 4.74 Å². The molecule has 1 aromatic rings. The summed E-state index contributed by atoms with van der Waals surface area (Å²) in [5.41, 5.74) is 5.57. The minimum absolute atomic E-state index is 0.0448. The summed E-state index contributed by atoms with van der Waals surface area (Å²) in [6, 6.07) is 7.33. The van der Waals surface area contributed by atoms with Crippen LogP contribution in [-0.4, -0.2) is 28.9 Å². The fourth-order valence-electron chi connectivity index (χ4n) is 1.40. The summed E-state index contributed by atoms with van der Waals surface area (Å²) in [5, 5.41) is 0. The molecule has 0 radical (unpaired) electrons. The van der Waals surface area contributed by atoms with Crippen LogP contribution in [0.15, 0.2) is 29.2 Å². The Hall–Kier alpha value is -1.04. The van der Waals surface area contributed by atoms with Gasteiger partial charge in [-0.1, -0.05) is 12.1 Å². The van der Waals surface area contributed by atoms with Gasteiger partial charge in [0.15, 0.2) is 10.4 Å². The Morgan fingerprint density at radius 3 is 2.76 bits per heavy atom. The quantitative estimate of drug-likeness (QED) is 0.643. The first-order valence-corrected chi connectivity index (χ1v) is 6.51. The van der Waals surface area contributed by atoms with E-state index in [9.17, 15) is 9.35 Å². The van der Waals surface area contributed by atoms with Gasteiger partial charge < -0.3 is 15.0 Å². The van der Waals surface area contributed by atoms with E-state index in [0.717, 1.165) is 5.56 Å². The van der Waals surface area contributed by atoms with E-state index in [4.69, 9.17) is 5.73 Å². The number of benzene rings is 1. The van der Waals surface area contributed by atoms with Crippen LogP contribution in [0.2, 0.25) is 0 Å².